The molecule has 2 rings (SSSR count). The maximum atomic E-state index is 12.8. The van der Waals surface area contributed by atoms with Crippen molar-refractivity contribution in [1.29, 1.82) is 0 Å². The molecule has 0 aliphatic rings. The lowest BCUT2D eigenvalue weighted by Gasteiger charge is -2.07. The summed E-state index contributed by atoms with van der Waals surface area (Å²) in [5, 5.41) is 2.79. The first-order valence-electron chi connectivity index (χ1n) is 6.44. The number of hydrogen-bond acceptors (Lipinski definition) is 2. The summed E-state index contributed by atoms with van der Waals surface area (Å²) in [6.07, 6.45) is 0.216. The molecule has 0 aliphatic heterocycles. The van der Waals surface area contributed by atoms with Gasteiger partial charge in [0.2, 0.25) is 5.91 Å². The highest BCUT2D eigenvalue weighted by Crippen LogP contribution is 2.16. The molecule has 0 atom stereocenters. The van der Waals surface area contributed by atoms with Crippen LogP contribution in [0.2, 0.25) is 0 Å². The van der Waals surface area contributed by atoms with Gasteiger partial charge in [0, 0.05) is 5.69 Å². The van der Waals surface area contributed by atoms with E-state index >= 15 is 0 Å². The first kappa shape index (κ1) is 14.1. The average molecular weight is 273 g/mol. The molecular weight excluding hydrogens is 257 g/mol. The lowest BCUT2D eigenvalue weighted by Crippen LogP contribution is -2.14. The normalized spacial score (nSPS) is 10.1. The molecule has 2 aromatic rings. The SMILES string of the molecule is CCOc1ccc(NC(=O)Cc2ccc(F)cc2)cc1. The van der Waals surface area contributed by atoms with Crippen LogP contribution in [0.3, 0.4) is 0 Å². The zero-order valence-electron chi connectivity index (χ0n) is 11.2. The molecular formula is C16H16FNO2. The molecule has 0 bridgehead atoms. The summed E-state index contributed by atoms with van der Waals surface area (Å²) in [4.78, 5) is 11.8. The van der Waals surface area contributed by atoms with Crippen LogP contribution in [0.15, 0.2) is 48.5 Å². The van der Waals surface area contributed by atoms with Crippen LogP contribution in [-0.4, -0.2) is 12.5 Å². The number of rotatable bonds is 5. The van der Waals surface area contributed by atoms with E-state index in [0.29, 0.717) is 12.3 Å². The molecule has 1 N–H and O–H groups in total. The fourth-order valence-electron chi connectivity index (χ4n) is 1.79. The molecule has 0 aliphatic carbocycles. The monoisotopic (exact) mass is 273 g/mol. The van der Waals surface area contributed by atoms with Gasteiger partial charge >= 0.3 is 0 Å². The second kappa shape index (κ2) is 6.70. The second-order valence-electron chi connectivity index (χ2n) is 4.31. The molecule has 0 spiro atoms. The molecule has 0 heterocycles. The maximum absolute atomic E-state index is 12.8. The van der Waals surface area contributed by atoms with Gasteiger partial charge in [0.05, 0.1) is 13.0 Å². The smallest absolute Gasteiger partial charge is 0.228 e. The lowest BCUT2D eigenvalue weighted by atomic mass is 10.1. The van der Waals surface area contributed by atoms with Gasteiger partial charge in [0.15, 0.2) is 0 Å². The Kier molecular flexibility index (Phi) is 4.71. The third-order valence-electron chi connectivity index (χ3n) is 2.73. The molecule has 20 heavy (non-hydrogen) atoms. The zero-order valence-corrected chi connectivity index (χ0v) is 11.2. The lowest BCUT2D eigenvalue weighted by molar-refractivity contribution is -0.115. The van der Waals surface area contributed by atoms with Crippen molar-refractivity contribution >= 4 is 11.6 Å². The number of carbonyl (C=O) groups is 1. The first-order chi connectivity index (χ1) is 9.67. The molecule has 4 heteroatoms. The Hall–Kier alpha value is -2.36. The van der Waals surface area contributed by atoms with Crippen LogP contribution in [0.5, 0.6) is 5.75 Å². The van der Waals surface area contributed by atoms with Crippen LogP contribution < -0.4 is 10.1 Å². The Morgan fingerprint density at radius 3 is 2.35 bits per heavy atom. The predicted molar refractivity (Wildman–Crippen MR) is 76.3 cm³/mol. The van der Waals surface area contributed by atoms with Crippen molar-refractivity contribution in [2.24, 2.45) is 0 Å². The van der Waals surface area contributed by atoms with E-state index in [1.807, 2.05) is 6.92 Å². The zero-order chi connectivity index (χ0) is 14.4. The van der Waals surface area contributed by atoms with Crippen molar-refractivity contribution in [3.8, 4) is 5.75 Å². The van der Waals surface area contributed by atoms with Gasteiger partial charge in [0.1, 0.15) is 11.6 Å². The molecule has 3 nitrogen and oxygen atoms in total. The molecule has 0 radical (unpaired) electrons. The third-order valence-corrected chi connectivity index (χ3v) is 2.73. The highest BCUT2D eigenvalue weighted by Gasteiger charge is 2.04. The summed E-state index contributed by atoms with van der Waals surface area (Å²) in [6.45, 7) is 2.52. The molecule has 0 saturated carbocycles. The summed E-state index contributed by atoms with van der Waals surface area (Å²) in [5.41, 5.74) is 1.48. The van der Waals surface area contributed by atoms with E-state index in [0.717, 1.165) is 11.3 Å². The van der Waals surface area contributed by atoms with Crippen LogP contribution in [-0.2, 0) is 11.2 Å². The number of halogens is 1. The predicted octanol–water partition coefficient (Wildman–Crippen LogP) is 3.41. The average Bonchev–Trinajstić information content (AvgIpc) is 2.44. The number of benzene rings is 2. The van der Waals surface area contributed by atoms with Gasteiger partial charge in [-0.2, -0.15) is 0 Å². The fourth-order valence-corrected chi connectivity index (χ4v) is 1.79. The number of carbonyl (C=O) groups excluding carboxylic acids is 1. The first-order valence-corrected chi connectivity index (χ1v) is 6.44. The van der Waals surface area contributed by atoms with Crippen molar-refractivity contribution in [3.63, 3.8) is 0 Å². The van der Waals surface area contributed by atoms with E-state index in [-0.39, 0.29) is 18.1 Å². The number of ether oxygens (including phenoxy) is 1. The van der Waals surface area contributed by atoms with Crippen LogP contribution in [0.1, 0.15) is 12.5 Å². The number of anilines is 1. The van der Waals surface area contributed by atoms with E-state index < -0.39 is 0 Å². The van der Waals surface area contributed by atoms with E-state index in [2.05, 4.69) is 5.32 Å². The Morgan fingerprint density at radius 2 is 1.75 bits per heavy atom. The summed E-state index contributed by atoms with van der Waals surface area (Å²) >= 11 is 0. The molecule has 2 aromatic carbocycles. The van der Waals surface area contributed by atoms with Crippen molar-refractivity contribution in [2.75, 3.05) is 11.9 Å². The topological polar surface area (TPSA) is 38.3 Å². The minimum Gasteiger partial charge on any atom is -0.494 e. The maximum Gasteiger partial charge on any atom is 0.228 e. The molecule has 0 aromatic heterocycles. The number of nitrogens with one attached hydrogen (secondary N) is 1. The van der Waals surface area contributed by atoms with E-state index in [4.69, 9.17) is 4.74 Å². The standard InChI is InChI=1S/C16H16FNO2/c1-2-20-15-9-7-14(8-10-15)18-16(19)11-12-3-5-13(17)6-4-12/h3-10H,2,11H2,1H3,(H,18,19). The third kappa shape index (κ3) is 4.09. The Morgan fingerprint density at radius 1 is 1.10 bits per heavy atom. The van der Waals surface area contributed by atoms with Crippen molar-refractivity contribution in [3.05, 3.63) is 59.9 Å². The summed E-state index contributed by atoms with van der Waals surface area (Å²) in [6, 6.07) is 13.1. The van der Waals surface area contributed by atoms with Gasteiger partial charge in [-0.25, -0.2) is 4.39 Å². The minimum absolute atomic E-state index is 0.138. The summed E-state index contributed by atoms with van der Waals surface area (Å²) < 4.78 is 18.1. The Labute approximate surface area is 117 Å². The van der Waals surface area contributed by atoms with Crippen LogP contribution in [0.25, 0.3) is 0 Å². The highest BCUT2D eigenvalue weighted by atomic mass is 19.1. The van der Waals surface area contributed by atoms with Gasteiger partial charge < -0.3 is 10.1 Å². The largest absolute Gasteiger partial charge is 0.494 e. The van der Waals surface area contributed by atoms with Gasteiger partial charge in [-0.15, -0.1) is 0 Å². The quantitative estimate of drug-likeness (QED) is 0.906. The van der Waals surface area contributed by atoms with E-state index in [9.17, 15) is 9.18 Å². The number of amides is 1. The molecule has 0 unspecified atom stereocenters. The van der Waals surface area contributed by atoms with E-state index in [1.54, 1.807) is 36.4 Å². The van der Waals surface area contributed by atoms with Crippen LogP contribution >= 0.6 is 0 Å². The van der Waals surface area contributed by atoms with Crippen molar-refractivity contribution < 1.29 is 13.9 Å². The minimum atomic E-state index is -0.305. The Balaban J connectivity index is 1.92. The van der Waals surface area contributed by atoms with Gasteiger partial charge in [-0.05, 0) is 48.9 Å². The van der Waals surface area contributed by atoms with Gasteiger partial charge in [-0.1, -0.05) is 12.1 Å². The van der Waals surface area contributed by atoms with Crippen LogP contribution in [0.4, 0.5) is 10.1 Å². The number of hydrogen-bond donors (Lipinski definition) is 1. The second-order valence-corrected chi connectivity index (χ2v) is 4.31. The molecule has 1 amide bonds. The molecule has 0 fully saturated rings. The van der Waals surface area contributed by atoms with E-state index in [1.165, 1.54) is 12.1 Å². The Bertz CT molecular complexity index is 564. The molecule has 104 valence electrons. The summed E-state index contributed by atoms with van der Waals surface area (Å²) in [7, 11) is 0. The van der Waals surface area contributed by atoms with Gasteiger partial charge in [0.25, 0.3) is 0 Å². The van der Waals surface area contributed by atoms with Gasteiger partial charge in [-0.3, -0.25) is 4.79 Å². The van der Waals surface area contributed by atoms with Crippen molar-refractivity contribution in [2.45, 2.75) is 13.3 Å². The highest BCUT2D eigenvalue weighted by molar-refractivity contribution is 5.92. The van der Waals surface area contributed by atoms with Crippen LogP contribution in [0, 0.1) is 5.82 Å². The fraction of sp³-hybridized carbons (Fsp3) is 0.188. The van der Waals surface area contributed by atoms with Crippen molar-refractivity contribution in [1.82, 2.24) is 0 Å². The summed E-state index contributed by atoms with van der Waals surface area (Å²) in [5.74, 6) is 0.325. The molecule has 0 saturated heterocycles.